The van der Waals surface area contributed by atoms with E-state index in [0.717, 1.165) is 12.8 Å². The van der Waals surface area contributed by atoms with Gasteiger partial charge in [-0.25, -0.2) is 8.42 Å². The molecule has 0 saturated carbocycles. The predicted molar refractivity (Wildman–Crippen MR) is 121 cm³/mol. The van der Waals surface area contributed by atoms with Gasteiger partial charge >= 0.3 is 0 Å². The van der Waals surface area contributed by atoms with E-state index in [-0.39, 0.29) is 17.4 Å². The van der Waals surface area contributed by atoms with Crippen LogP contribution in [0.25, 0.3) is 0 Å². The number of sulfonamides is 1. The number of benzene rings is 2. The number of methoxy groups -OCH3 is 1. The molecule has 1 N–H and O–H groups in total. The average molecular weight is 463 g/mol. The molecule has 0 aromatic heterocycles. The van der Waals surface area contributed by atoms with Crippen molar-refractivity contribution in [3.8, 4) is 17.2 Å². The highest BCUT2D eigenvalue weighted by atomic mass is 32.2. The summed E-state index contributed by atoms with van der Waals surface area (Å²) >= 11 is 0. The summed E-state index contributed by atoms with van der Waals surface area (Å²) in [4.78, 5) is 12.7. The first-order chi connectivity index (χ1) is 15.4. The van der Waals surface area contributed by atoms with Gasteiger partial charge in [-0.3, -0.25) is 4.79 Å². The molecule has 9 heteroatoms. The van der Waals surface area contributed by atoms with Crippen molar-refractivity contribution in [1.29, 1.82) is 0 Å². The van der Waals surface area contributed by atoms with Crippen molar-refractivity contribution in [3.63, 3.8) is 0 Å². The van der Waals surface area contributed by atoms with Crippen molar-refractivity contribution < 1.29 is 27.4 Å². The van der Waals surface area contributed by atoms with Crippen LogP contribution in [0.3, 0.4) is 0 Å². The zero-order chi connectivity index (χ0) is 23.0. The largest absolute Gasteiger partial charge is 0.497 e. The first-order valence-corrected chi connectivity index (χ1v) is 12.2. The van der Waals surface area contributed by atoms with Gasteiger partial charge in [-0.1, -0.05) is 13.0 Å². The lowest BCUT2D eigenvalue weighted by Gasteiger charge is -2.18. The minimum Gasteiger partial charge on any atom is -0.497 e. The van der Waals surface area contributed by atoms with Gasteiger partial charge in [0.15, 0.2) is 6.10 Å². The quantitative estimate of drug-likeness (QED) is 0.516. The van der Waals surface area contributed by atoms with Crippen molar-refractivity contribution in [1.82, 2.24) is 9.62 Å². The van der Waals surface area contributed by atoms with Crippen LogP contribution in [0.4, 0.5) is 0 Å². The van der Waals surface area contributed by atoms with Crippen molar-refractivity contribution in [3.05, 3.63) is 48.5 Å². The van der Waals surface area contributed by atoms with E-state index in [1.807, 2.05) is 6.92 Å². The minimum absolute atomic E-state index is 0.231. The number of carbonyl (C=O) groups is 1. The lowest BCUT2D eigenvalue weighted by atomic mass is 10.2. The van der Waals surface area contributed by atoms with Gasteiger partial charge in [0, 0.05) is 19.2 Å². The van der Waals surface area contributed by atoms with Crippen molar-refractivity contribution in [2.45, 2.75) is 37.2 Å². The molecule has 174 valence electrons. The molecule has 2 aromatic carbocycles. The van der Waals surface area contributed by atoms with E-state index in [2.05, 4.69) is 5.32 Å². The van der Waals surface area contributed by atoms with Crippen molar-refractivity contribution >= 4 is 15.9 Å². The molecule has 0 unspecified atom stereocenters. The molecule has 1 aliphatic rings. The Morgan fingerprint density at radius 1 is 1.06 bits per heavy atom. The van der Waals surface area contributed by atoms with Crippen LogP contribution in [0.5, 0.6) is 17.2 Å². The number of hydrogen-bond donors (Lipinski definition) is 1. The van der Waals surface area contributed by atoms with E-state index in [1.54, 1.807) is 55.6 Å². The molecule has 1 aliphatic heterocycles. The van der Waals surface area contributed by atoms with Crippen LogP contribution in [0.1, 0.15) is 26.2 Å². The van der Waals surface area contributed by atoms with Crippen LogP contribution in [0, 0.1) is 0 Å². The molecule has 1 amide bonds. The van der Waals surface area contributed by atoms with Crippen LogP contribution < -0.4 is 19.5 Å². The van der Waals surface area contributed by atoms with Gasteiger partial charge in [0.05, 0.1) is 18.6 Å². The van der Waals surface area contributed by atoms with E-state index in [1.165, 1.54) is 4.31 Å². The topological polar surface area (TPSA) is 94.2 Å². The molecule has 0 spiro atoms. The number of hydrogen-bond acceptors (Lipinski definition) is 6. The molecule has 0 bridgehead atoms. The zero-order valence-electron chi connectivity index (χ0n) is 18.5. The minimum atomic E-state index is -3.44. The summed E-state index contributed by atoms with van der Waals surface area (Å²) in [5, 5.41) is 2.80. The standard InChI is InChI=1S/C23H30N2O6S/c1-3-22(31-20-8-6-7-19(17-20)29-2)23(26)24-13-16-30-18-9-11-21(12-10-18)32(27,28)25-14-4-5-15-25/h6-12,17,22H,3-5,13-16H2,1-2H3,(H,24,26)/t22-/m0/s1. The summed E-state index contributed by atoms with van der Waals surface area (Å²) in [6, 6.07) is 13.5. The number of carbonyl (C=O) groups excluding carboxylic acids is 1. The van der Waals surface area contributed by atoms with Gasteiger partial charge in [0.25, 0.3) is 5.91 Å². The molecule has 32 heavy (non-hydrogen) atoms. The fourth-order valence-corrected chi connectivity index (χ4v) is 4.92. The third kappa shape index (κ3) is 6.14. The Hall–Kier alpha value is -2.78. The lowest BCUT2D eigenvalue weighted by Crippen LogP contribution is -2.39. The Balaban J connectivity index is 1.45. The summed E-state index contributed by atoms with van der Waals surface area (Å²) in [5.74, 6) is 1.53. The van der Waals surface area contributed by atoms with Crippen LogP contribution in [0.2, 0.25) is 0 Å². The third-order valence-electron chi connectivity index (χ3n) is 5.18. The Labute approximate surface area is 189 Å². The number of ether oxygens (including phenoxy) is 3. The maximum absolute atomic E-state index is 12.6. The first kappa shape index (κ1) is 23.9. The molecule has 8 nitrogen and oxygen atoms in total. The highest BCUT2D eigenvalue weighted by molar-refractivity contribution is 7.89. The molecular weight excluding hydrogens is 432 g/mol. The van der Waals surface area contributed by atoms with Crippen molar-refractivity contribution in [2.75, 3.05) is 33.4 Å². The molecule has 0 radical (unpaired) electrons. The summed E-state index contributed by atoms with van der Waals surface area (Å²) in [7, 11) is -1.86. The number of rotatable bonds is 11. The molecule has 2 aromatic rings. The fraction of sp³-hybridized carbons (Fsp3) is 0.435. The monoisotopic (exact) mass is 462 g/mol. The lowest BCUT2D eigenvalue weighted by molar-refractivity contribution is -0.128. The summed E-state index contributed by atoms with van der Waals surface area (Å²) in [5.41, 5.74) is 0. The molecule has 1 atom stereocenters. The van der Waals surface area contributed by atoms with Crippen LogP contribution in [0.15, 0.2) is 53.4 Å². The van der Waals surface area contributed by atoms with E-state index in [9.17, 15) is 13.2 Å². The summed E-state index contributed by atoms with van der Waals surface area (Å²) in [6.07, 6.45) is 1.68. The van der Waals surface area contributed by atoms with Gasteiger partial charge in [-0.05, 0) is 55.7 Å². The zero-order valence-corrected chi connectivity index (χ0v) is 19.3. The number of nitrogens with zero attached hydrogens (tertiary/aromatic N) is 1. The second-order valence-corrected chi connectivity index (χ2v) is 9.35. The second kappa shape index (κ2) is 11.2. The Morgan fingerprint density at radius 3 is 2.41 bits per heavy atom. The summed E-state index contributed by atoms with van der Waals surface area (Å²) in [6.45, 7) is 3.56. The fourth-order valence-electron chi connectivity index (χ4n) is 3.40. The molecule has 3 rings (SSSR count). The van der Waals surface area contributed by atoms with Crippen LogP contribution in [-0.2, 0) is 14.8 Å². The summed E-state index contributed by atoms with van der Waals surface area (Å²) < 4.78 is 43.2. The highest BCUT2D eigenvalue weighted by Gasteiger charge is 2.27. The highest BCUT2D eigenvalue weighted by Crippen LogP contribution is 2.23. The van der Waals surface area contributed by atoms with Gasteiger partial charge in [-0.15, -0.1) is 0 Å². The molecule has 1 fully saturated rings. The smallest absolute Gasteiger partial charge is 0.261 e. The average Bonchev–Trinajstić information content (AvgIpc) is 3.36. The maximum Gasteiger partial charge on any atom is 0.261 e. The van der Waals surface area contributed by atoms with E-state index in [4.69, 9.17) is 14.2 Å². The maximum atomic E-state index is 12.6. The third-order valence-corrected chi connectivity index (χ3v) is 7.09. The molecule has 0 aliphatic carbocycles. The van der Waals surface area contributed by atoms with E-state index < -0.39 is 16.1 Å². The Bertz CT molecular complexity index is 988. The van der Waals surface area contributed by atoms with Crippen LogP contribution >= 0.6 is 0 Å². The Kier molecular flexibility index (Phi) is 8.35. The number of nitrogens with one attached hydrogen (secondary N) is 1. The van der Waals surface area contributed by atoms with Gasteiger partial charge in [-0.2, -0.15) is 4.31 Å². The van der Waals surface area contributed by atoms with E-state index >= 15 is 0 Å². The van der Waals surface area contributed by atoms with E-state index in [0.29, 0.717) is 43.3 Å². The SMILES string of the molecule is CC[C@H](Oc1cccc(OC)c1)C(=O)NCCOc1ccc(S(=O)(=O)N2CCCC2)cc1. The molecular formula is C23H30N2O6S. The second-order valence-electron chi connectivity index (χ2n) is 7.42. The molecule has 1 heterocycles. The normalized spacial score (nSPS) is 15.2. The van der Waals surface area contributed by atoms with Gasteiger partial charge in [0.2, 0.25) is 10.0 Å². The predicted octanol–water partition coefficient (Wildman–Crippen LogP) is 2.83. The Morgan fingerprint density at radius 2 is 1.75 bits per heavy atom. The van der Waals surface area contributed by atoms with Gasteiger partial charge in [0.1, 0.15) is 23.9 Å². The number of amides is 1. The van der Waals surface area contributed by atoms with Crippen molar-refractivity contribution in [2.24, 2.45) is 0 Å². The first-order valence-electron chi connectivity index (χ1n) is 10.8. The van der Waals surface area contributed by atoms with Crippen LogP contribution in [-0.4, -0.2) is 58.1 Å². The molecule has 1 saturated heterocycles. The van der Waals surface area contributed by atoms with Gasteiger partial charge < -0.3 is 19.5 Å².